The van der Waals surface area contributed by atoms with Gasteiger partial charge in [0.1, 0.15) is 11.6 Å². The summed E-state index contributed by atoms with van der Waals surface area (Å²) in [7, 11) is 0. The summed E-state index contributed by atoms with van der Waals surface area (Å²) in [6, 6.07) is 10.3. The van der Waals surface area contributed by atoms with Gasteiger partial charge in [0.2, 0.25) is 0 Å². The summed E-state index contributed by atoms with van der Waals surface area (Å²) < 4.78 is 28.3. The summed E-state index contributed by atoms with van der Waals surface area (Å²) in [5, 5.41) is 0. The van der Waals surface area contributed by atoms with Crippen LogP contribution in [0, 0.1) is 48.2 Å². The van der Waals surface area contributed by atoms with Gasteiger partial charge in [-0.1, -0.05) is 30.0 Å². The van der Waals surface area contributed by atoms with E-state index in [0.717, 1.165) is 23.8 Å². The molecule has 0 amide bonds. The molecule has 0 nitrogen and oxygen atoms in total. The number of aryl methyl sites for hydroxylation is 1. The summed E-state index contributed by atoms with van der Waals surface area (Å²) in [5.74, 6) is 7.88. The van der Waals surface area contributed by atoms with Crippen LogP contribution in [0.4, 0.5) is 8.78 Å². The molecular formula is C27H28F2. The molecule has 0 bridgehead atoms. The van der Waals surface area contributed by atoms with Gasteiger partial charge in [0.25, 0.3) is 0 Å². The standard InChI is InChI=1S/C27H28F2/c1-3-19-6-9-23-16-24(13-12-22(23)14-19)25-11-10-21(27(29)17-25)8-7-20-5-4-18(2)26(28)15-20/h3-5,10-11,15,17,19,22-24H,1,6,9,12-14,16H2,2H3. The number of halogens is 2. The van der Waals surface area contributed by atoms with Crippen LogP contribution in [0.2, 0.25) is 0 Å². The highest BCUT2D eigenvalue weighted by Gasteiger charge is 2.35. The molecule has 4 atom stereocenters. The lowest BCUT2D eigenvalue weighted by Gasteiger charge is -2.41. The van der Waals surface area contributed by atoms with Gasteiger partial charge in [0, 0.05) is 5.56 Å². The highest BCUT2D eigenvalue weighted by molar-refractivity contribution is 5.45. The fourth-order valence-corrected chi connectivity index (χ4v) is 5.14. The molecular weight excluding hydrogens is 362 g/mol. The lowest BCUT2D eigenvalue weighted by molar-refractivity contribution is 0.133. The van der Waals surface area contributed by atoms with E-state index in [2.05, 4.69) is 24.5 Å². The highest BCUT2D eigenvalue weighted by atomic mass is 19.1. The molecule has 4 rings (SSSR count). The summed E-state index contributed by atoms with van der Waals surface area (Å²) in [4.78, 5) is 0. The van der Waals surface area contributed by atoms with Crippen molar-refractivity contribution in [2.24, 2.45) is 17.8 Å². The maximum atomic E-state index is 14.7. The van der Waals surface area contributed by atoms with Gasteiger partial charge in [-0.25, -0.2) is 8.78 Å². The molecule has 0 heterocycles. The third-order valence-electron chi connectivity index (χ3n) is 6.96. The number of benzene rings is 2. The average molecular weight is 391 g/mol. The van der Waals surface area contributed by atoms with E-state index < -0.39 is 0 Å². The zero-order valence-corrected chi connectivity index (χ0v) is 17.1. The maximum Gasteiger partial charge on any atom is 0.139 e. The van der Waals surface area contributed by atoms with Gasteiger partial charge in [-0.2, -0.15) is 0 Å². The summed E-state index contributed by atoms with van der Waals surface area (Å²) in [6.07, 6.45) is 9.48. The Bertz CT molecular complexity index is 962. The zero-order chi connectivity index (χ0) is 20.4. The summed E-state index contributed by atoms with van der Waals surface area (Å²) >= 11 is 0. The van der Waals surface area contributed by atoms with Crippen LogP contribution in [0.5, 0.6) is 0 Å². The molecule has 0 saturated heterocycles. The Kier molecular flexibility index (Phi) is 5.86. The number of rotatable bonds is 2. The molecule has 150 valence electrons. The van der Waals surface area contributed by atoms with Crippen LogP contribution in [0.15, 0.2) is 49.1 Å². The van der Waals surface area contributed by atoms with Crippen molar-refractivity contribution in [3.05, 3.63) is 82.9 Å². The van der Waals surface area contributed by atoms with Crippen molar-refractivity contribution >= 4 is 0 Å². The smallest absolute Gasteiger partial charge is 0.139 e. The fraction of sp³-hybridized carbons (Fsp3) is 0.407. The van der Waals surface area contributed by atoms with Gasteiger partial charge in [-0.05, 0) is 105 Å². The monoisotopic (exact) mass is 390 g/mol. The molecule has 2 aliphatic rings. The van der Waals surface area contributed by atoms with E-state index in [9.17, 15) is 8.78 Å². The Hall–Kier alpha value is -2.40. The highest BCUT2D eigenvalue weighted by Crippen LogP contribution is 2.47. The molecule has 2 saturated carbocycles. The van der Waals surface area contributed by atoms with E-state index >= 15 is 0 Å². The largest absolute Gasteiger partial charge is 0.207 e. The predicted octanol–water partition coefficient (Wildman–Crippen LogP) is 7.16. The molecule has 2 heteroatoms. The van der Waals surface area contributed by atoms with E-state index in [1.165, 1.54) is 38.2 Å². The van der Waals surface area contributed by atoms with Crippen molar-refractivity contribution in [2.75, 3.05) is 0 Å². The molecule has 0 radical (unpaired) electrons. The van der Waals surface area contributed by atoms with Crippen molar-refractivity contribution in [1.82, 2.24) is 0 Å². The fourth-order valence-electron chi connectivity index (χ4n) is 5.14. The normalized spacial score (nSPS) is 26.2. The number of hydrogen-bond donors (Lipinski definition) is 0. The lowest BCUT2D eigenvalue weighted by atomic mass is 9.64. The van der Waals surface area contributed by atoms with Crippen molar-refractivity contribution in [1.29, 1.82) is 0 Å². The van der Waals surface area contributed by atoms with Crippen LogP contribution in [-0.2, 0) is 0 Å². The van der Waals surface area contributed by atoms with Crippen LogP contribution in [0.25, 0.3) is 0 Å². The Morgan fingerprint density at radius 2 is 1.69 bits per heavy atom. The minimum absolute atomic E-state index is 0.278. The molecule has 29 heavy (non-hydrogen) atoms. The molecule has 4 unspecified atom stereocenters. The van der Waals surface area contributed by atoms with Gasteiger partial charge >= 0.3 is 0 Å². The minimum atomic E-state index is -0.287. The van der Waals surface area contributed by atoms with Crippen molar-refractivity contribution < 1.29 is 8.78 Å². The van der Waals surface area contributed by atoms with Gasteiger partial charge in [-0.15, -0.1) is 6.58 Å². The Morgan fingerprint density at radius 3 is 2.45 bits per heavy atom. The molecule has 2 fully saturated rings. The second kappa shape index (κ2) is 8.54. The second-order valence-electron chi connectivity index (χ2n) is 8.79. The molecule has 0 aliphatic heterocycles. The first kappa shape index (κ1) is 19.9. The molecule has 2 aliphatic carbocycles. The van der Waals surface area contributed by atoms with Crippen molar-refractivity contribution in [3.63, 3.8) is 0 Å². The zero-order valence-electron chi connectivity index (χ0n) is 17.1. The molecule has 0 N–H and O–H groups in total. The maximum absolute atomic E-state index is 14.7. The minimum Gasteiger partial charge on any atom is -0.207 e. The molecule has 0 spiro atoms. The van der Waals surface area contributed by atoms with E-state index in [0.29, 0.717) is 28.5 Å². The summed E-state index contributed by atoms with van der Waals surface area (Å²) in [5.41, 5.74) is 2.61. The van der Waals surface area contributed by atoms with Crippen LogP contribution < -0.4 is 0 Å². The van der Waals surface area contributed by atoms with E-state index in [1.54, 1.807) is 31.2 Å². The Morgan fingerprint density at radius 1 is 0.897 bits per heavy atom. The van der Waals surface area contributed by atoms with Gasteiger partial charge in [0.05, 0.1) is 5.56 Å². The first-order chi connectivity index (χ1) is 14.0. The van der Waals surface area contributed by atoms with Crippen molar-refractivity contribution in [2.45, 2.75) is 51.4 Å². The topological polar surface area (TPSA) is 0 Å². The lowest BCUT2D eigenvalue weighted by Crippen LogP contribution is -2.30. The summed E-state index contributed by atoms with van der Waals surface area (Å²) in [6.45, 7) is 5.69. The Labute approximate surface area is 173 Å². The molecule has 0 aromatic heterocycles. The van der Waals surface area contributed by atoms with E-state index in [1.807, 2.05) is 6.07 Å². The number of hydrogen-bond acceptors (Lipinski definition) is 0. The molecule has 2 aromatic carbocycles. The van der Waals surface area contributed by atoms with E-state index in [4.69, 9.17) is 0 Å². The third kappa shape index (κ3) is 4.45. The van der Waals surface area contributed by atoms with Gasteiger partial charge in [0.15, 0.2) is 0 Å². The number of allylic oxidation sites excluding steroid dienone is 1. The third-order valence-corrected chi connectivity index (χ3v) is 6.96. The van der Waals surface area contributed by atoms with Gasteiger partial charge < -0.3 is 0 Å². The number of fused-ring (bicyclic) bond motifs is 1. The SMILES string of the molecule is C=CC1CCC2CC(c3ccc(C#Cc4ccc(C)c(F)c4)c(F)c3)CCC2C1. The van der Waals surface area contributed by atoms with Crippen LogP contribution >= 0.6 is 0 Å². The first-order valence-corrected chi connectivity index (χ1v) is 10.7. The van der Waals surface area contributed by atoms with Crippen LogP contribution in [0.1, 0.15) is 66.7 Å². The van der Waals surface area contributed by atoms with Crippen LogP contribution in [-0.4, -0.2) is 0 Å². The predicted molar refractivity (Wildman–Crippen MR) is 115 cm³/mol. The second-order valence-corrected chi connectivity index (χ2v) is 8.79. The quantitative estimate of drug-likeness (QED) is 0.377. The molecule has 2 aromatic rings. The van der Waals surface area contributed by atoms with E-state index in [-0.39, 0.29) is 11.6 Å². The van der Waals surface area contributed by atoms with Gasteiger partial charge in [-0.3, -0.25) is 0 Å². The Balaban J connectivity index is 1.46. The first-order valence-electron chi connectivity index (χ1n) is 10.7. The average Bonchev–Trinajstić information content (AvgIpc) is 2.74. The van der Waals surface area contributed by atoms with Crippen molar-refractivity contribution in [3.8, 4) is 11.8 Å². The van der Waals surface area contributed by atoms with Crippen LogP contribution in [0.3, 0.4) is 0 Å².